The Morgan fingerprint density at radius 1 is 1.03 bits per heavy atom. The number of piperazine rings is 1. The molecule has 34 heavy (non-hydrogen) atoms. The number of benzene rings is 1. The van der Waals surface area contributed by atoms with Crippen molar-refractivity contribution in [2.45, 2.75) is 52.5 Å². The molecule has 1 fully saturated rings. The Hall–Kier alpha value is -2.76. The van der Waals surface area contributed by atoms with Gasteiger partial charge in [0.25, 0.3) is 0 Å². The van der Waals surface area contributed by atoms with E-state index in [0.29, 0.717) is 48.9 Å². The highest BCUT2D eigenvalue weighted by molar-refractivity contribution is 7.89. The van der Waals surface area contributed by atoms with Gasteiger partial charge in [-0.1, -0.05) is 11.2 Å². The van der Waals surface area contributed by atoms with E-state index in [1.54, 1.807) is 38.7 Å². The summed E-state index contributed by atoms with van der Waals surface area (Å²) in [7, 11) is -3.88. The maximum Gasteiger partial charge on any atom is 0.241 e. The molecule has 0 bridgehead atoms. The summed E-state index contributed by atoms with van der Waals surface area (Å²) >= 11 is 0. The third kappa shape index (κ3) is 5.83. The van der Waals surface area contributed by atoms with Gasteiger partial charge >= 0.3 is 0 Å². The maximum atomic E-state index is 13.2. The molecule has 0 unspecified atom stereocenters. The fraction of sp³-hybridized carbons (Fsp3) is 0.522. The lowest BCUT2D eigenvalue weighted by Crippen LogP contribution is -2.55. The highest BCUT2D eigenvalue weighted by Crippen LogP contribution is 2.26. The molecule has 3 rings (SSSR count). The molecule has 0 spiro atoms. The van der Waals surface area contributed by atoms with E-state index in [-0.39, 0.29) is 23.3 Å². The SMILES string of the molecule is Cc1cc(NC(=O)CN2CCN(C(=O)[C@H](C)NS(=O)(=O)c3c(C)c(C)cc(C)c3C)CC2)no1. The average Bonchev–Trinajstić information content (AvgIpc) is 3.16. The first-order valence-corrected chi connectivity index (χ1v) is 12.7. The number of sulfonamides is 1. The van der Waals surface area contributed by atoms with E-state index >= 15 is 0 Å². The molecule has 1 saturated heterocycles. The summed E-state index contributed by atoms with van der Waals surface area (Å²) in [6.45, 7) is 12.6. The molecule has 186 valence electrons. The van der Waals surface area contributed by atoms with Crippen LogP contribution in [0.5, 0.6) is 0 Å². The van der Waals surface area contributed by atoms with Crippen LogP contribution in [-0.4, -0.2) is 74.0 Å². The monoisotopic (exact) mass is 491 g/mol. The Kier molecular flexibility index (Phi) is 7.79. The highest BCUT2D eigenvalue weighted by Gasteiger charge is 2.30. The van der Waals surface area contributed by atoms with E-state index in [1.165, 1.54) is 0 Å². The minimum absolute atomic E-state index is 0.168. The number of aryl methyl sites for hydroxylation is 3. The standard InChI is InChI=1S/C23H33N5O5S/c1-14-11-15(2)18(5)22(17(14)4)34(31,32)26-19(6)23(30)28-9-7-27(8-10-28)13-21(29)24-20-12-16(3)33-25-20/h11-12,19,26H,7-10,13H2,1-6H3,(H,24,25,29)/t19-/m0/s1. The molecule has 1 aromatic heterocycles. The lowest BCUT2D eigenvalue weighted by atomic mass is 10.0. The molecule has 1 aliphatic rings. The fourth-order valence-electron chi connectivity index (χ4n) is 4.14. The van der Waals surface area contributed by atoms with Crippen LogP contribution >= 0.6 is 0 Å². The summed E-state index contributed by atoms with van der Waals surface area (Å²) in [5.74, 6) is 0.473. The van der Waals surface area contributed by atoms with Crippen LogP contribution in [0.4, 0.5) is 5.82 Å². The number of anilines is 1. The van der Waals surface area contributed by atoms with Crippen LogP contribution < -0.4 is 10.0 Å². The van der Waals surface area contributed by atoms with Crippen molar-refractivity contribution in [3.05, 3.63) is 40.1 Å². The summed E-state index contributed by atoms with van der Waals surface area (Å²) < 4.78 is 33.8. The number of nitrogens with one attached hydrogen (secondary N) is 2. The molecule has 1 aliphatic heterocycles. The fourth-order valence-corrected chi connectivity index (χ4v) is 5.95. The third-order valence-corrected chi connectivity index (χ3v) is 8.03. The largest absolute Gasteiger partial charge is 0.360 e. The number of hydrogen-bond donors (Lipinski definition) is 2. The normalized spacial score (nSPS) is 15.9. The third-order valence-electron chi connectivity index (χ3n) is 6.21. The van der Waals surface area contributed by atoms with E-state index in [0.717, 1.165) is 11.1 Å². The predicted octanol–water partition coefficient (Wildman–Crippen LogP) is 1.67. The Bertz CT molecular complexity index is 1160. The number of amides is 2. The van der Waals surface area contributed by atoms with Crippen molar-refractivity contribution >= 4 is 27.7 Å². The summed E-state index contributed by atoms with van der Waals surface area (Å²) in [4.78, 5) is 29.0. The number of rotatable bonds is 7. The Morgan fingerprint density at radius 2 is 1.62 bits per heavy atom. The number of aromatic nitrogens is 1. The molecule has 0 radical (unpaired) electrons. The van der Waals surface area contributed by atoms with Crippen LogP contribution in [0.3, 0.4) is 0 Å². The van der Waals surface area contributed by atoms with E-state index < -0.39 is 16.1 Å². The first-order chi connectivity index (χ1) is 15.9. The van der Waals surface area contributed by atoms with Gasteiger partial charge in [-0.3, -0.25) is 14.5 Å². The van der Waals surface area contributed by atoms with E-state index in [1.807, 2.05) is 24.8 Å². The van der Waals surface area contributed by atoms with Crippen molar-refractivity contribution < 1.29 is 22.5 Å². The molecule has 0 aliphatic carbocycles. The number of hydrogen-bond acceptors (Lipinski definition) is 7. The molecule has 2 heterocycles. The van der Waals surface area contributed by atoms with Gasteiger partial charge in [-0.25, -0.2) is 8.42 Å². The minimum atomic E-state index is -3.88. The predicted molar refractivity (Wildman–Crippen MR) is 128 cm³/mol. The van der Waals surface area contributed by atoms with Crippen LogP contribution in [0.2, 0.25) is 0 Å². The van der Waals surface area contributed by atoms with Crippen molar-refractivity contribution in [2.24, 2.45) is 0 Å². The van der Waals surface area contributed by atoms with Gasteiger partial charge in [-0.2, -0.15) is 4.72 Å². The van der Waals surface area contributed by atoms with Crippen LogP contribution in [0.25, 0.3) is 0 Å². The molecule has 11 heteroatoms. The zero-order chi connectivity index (χ0) is 25.2. The smallest absolute Gasteiger partial charge is 0.241 e. The van der Waals surface area contributed by atoms with E-state index in [4.69, 9.17) is 4.52 Å². The topological polar surface area (TPSA) is 125 Å². The highest BCUT2D eigenvalue weighted by atomic mass is 32.2. The number of nitrogens with zero attached hydrogens (tertiary/aromatic N) is 3. The van der Waals surface area contributed by atoms with E-state index in [2.05, 4.69) is 15.2 Å². The molecule has 1 atom stereocenters. The first kappa shape index (κ1) is 25.9. The molecule has 2 amide bonds. The zero-order valence-electron chi connectivity index (χ0n) is 20.6. The van der Waals surface area contributed by atoms with Crippen LogP contribution in [0.1, 0.15) is 34.9 Å². The Balaban J connectivity index is 1.56. The molecule has 0 saturated carbocycles. The van der Waals surface area contributed by atoms with Crippen LogP contribution in [0.15, 0.2) is 21.6 Å². The first-order valence-electron chi connectivity index (χ1n) is 11.2. The summed E-state index contributed by atoms with van der Waals surface area (Å²) in [6, 6.07) is 2.69. The molecular weight excluding hydrogens is 458 g/mol. The van der Waals surface area contributed by atoms with Gasteiger partial charge in [0.05, 0.1) is 17.5 Å². The van der Waals surface area contributed by atoms with Crippen molar-refractivity contribution in [3.8, 4) is 0 Å². The molecular formula is C23H33N5O5S. The lowest BCUT2D eigenvalue weighted by Gasteiger charge is -2.35. The van der Waals surface area contributed by atoms with Crippen LogP contribution in [0, 0.1) is 34.6 Å². The second kappa shape index (κ2) is 10.2. The Labute approximate surface area is 200 Å². The van der Waals surface area contributed by atoms with Gasteiger partial charge in [0.2, 0.25) is 21.8 Å². The van der Waals surface area contributed by atoms with Crippen molar-refractivity contribution in [1.29, 1.82) is 0 Å². The lowest BCUT2D eigenvalue weighted by molar-refractivity contribution is -0.134. The summed E-state index contributed by atoms with van der Waals surface area (Å²) in [5, 5.41) is 6.42. The second-order valence-corrected chi connectivity index (χ2v) is 10.6. The number of carbonyl (C=O) groups is 2. The zero-order valence-corrected chi connectivity index (χ0v) is 21.4. The van der Waals surface area contributed by atoms with E-state index in [9.17, 15) is 18.0 Å². The van der Waals surface area contributed by atoms with Gasteiger partial charge < -0.3 is 14.7 Å². The van der Waals surface area contributed by atoms with Crippen molar-refractivity contribution in [1.82, 2.24) is 19.7 Å². The Morgan fingerprint density at radius 3 is 2.15 bits per heavy atom. The molecule has 1 aromatic carbocycles. The molecule has 10 nitrogen and oxygen atoms in total. The van der Waals surface area contributed by atoms with Gasteiger partial charge in [-0.15, -0.1) is 0 Å². The second-order valence-electron chi connectivity index (χ2n) is 8.90. The van der Waals surface area contributed by atoms with Crippen LogP contribution in [-0.2, 0) is 19.6 Å². The molecule has 2 aromatic rings. The van der Waals surface area contributed by atoms with Gasteiger partial charge in [0, 0.05) is 32.2 Å². The summed E-state index contributed by atoms with van der Waals surface area (Å²) in [5.41, 5.74) is 3.15. The van der Waals surface area contributed by atoms with Gasteiger partial charge in [0.1, 0.15) is 5.76 Å². The quantitative estimate of drug-likeness (QED) is 0.604. The average molecular weight is 492 g/mol. The van der Waals surface area contributed by atoms with Crippen molar-refractivity contribution in [3.63, 3.8) is 0 Å². The molecule has 2 N–H and O–H groups in total. The maximum absolute atomic E-state index is 13.2. The summed E-state index contributed by atoms with van der Waals surface area (Å²) in [6.07, 6.45) is 0. The van der Waals surface area contributed by atoms with Gasteiger partial charge in [0.15, 0.2) is 5.82 Å². The minimum Gasteiger partial charge on any atom is -0.360 e. The van der Waals surface area contributed by atoms with Gasteiger partial charge in [-0.05, 0) is 63.8 Å². The number of carbonyl (C=O) groups excluding carboxylic acids is 2. The van der Waals surface area contributed by atoms with Crippen molar-refractivity contribution in [2.75, 3.05) is 38.0 Å².